The van der Waals surface area contributed by atoms with Gasteiger partial charge in [0.15, 0.2) is 0 Å². The first-order chi connectivity index (χ1) is 8.32. The molecule has 3 aliphatic heterocycles. The Balaban J connectivity index is 1.47. The van der Waals surface area contributed by atoms with Crippen LogP contribution in [-0.4, -0.2) is 38.0 Å². The van der Waals surface area contributed by atoms with Crippen molar-refractivity contribution in [1.29, 1.82) is 0 Å². The molecule has 2 spiro atoms. The van der Waals surface area contributed by atoms with Crippen molar-refractivity contribution in [3.05, 3.63) is 0 Å². The fraction of sp³-hybridized carbons (Fsp3) is 1.00. The number of rotatable bonds is 1. The molecule has 0 aromatic heterocycles. The lowest BCUT2D eigenvalue weighted by Gasteiger charge is -2.55. The molecule has 0 amide bonds. The van der Waals surface area contributed by atoms with Crippen LogP contribution in [-0.2, 0) is 9.47 Å². The van der Waals surface area contributed by atoms with E-state index in [1.807, 2.05) is 0 Å². The second kappa shape index (κ2) is 3.69. The molecular weight excluding hydrogens is 214 g/mol. The smallest absolute Gasteiger partial charge is 0.0688 e. The maximum atomic E-state index is 6.00. The van der Waals surface area contributed by atoms with Crippen molar-refractivity contribution in [2.45, 2.75) is 50.2 Å². The van der Waals surface area contributed by atoms with Crippen molar-refractivity contribution in [3.63, 3.8) is 0 Å². The maximum Gasteiger partial charge on any atom is 0.0688 e. The second-order valence-corrected chi connectivity index (χ2v) is 6.63. The van der Waals surface area contributed by atoms with Crippen LogP contribution in [0.15, 0.2) is 0 Å². The summed E-state index contributed by atoms with van der Waals surface area (Å²) in [5.74, 6) is 0.776. The Morgan fingerprint density at radius 3 is 2.53 bits per heavy atom. The van der Waals surface area contributed by atoms with Gasteiger partial charge < -0.3 is 14.8 Å². The third kappa shape index (κ3) is 1.66. The summed E-state index contributed by atoms with van der Waals surface area (Å²) in [7, 11) is 0. The minimum atomic E-state index is 0.302. The van der Waals surface area contributed by atoms with Gasteiger partial charge in [0, 0.05) is 12.0 Å². The fourth-order valence-corrected chi connectivity index (χ4v) is 4.22. The maximum absolute atomic E-state index is 6.00. The van der Waals surface area contributed by atoms with E-state index in [-0.39, 0.29) is 0 Å². The van der Waals surface area contributed by atoms with Crippen LogP contribution in [0.5, 0.6) is 0 Å². The topological polar surface area (TPSA) is 30.5 Å². The molecule has 1 N–H and O–H groups in total. The number of piperidine rings is 1. The van der Waals surface area contributed by atoms with Crippen LogP contribution in [0.25, 0.3) is 0 Å². The van der Waals surface area contributed by atoms with Crippen LogP contribution in [0.3, 0.4) is 0 Å². The highest BCUT2D eigenvalue weighted by Crippen LogP contribution is 2.54. The molecule has 96 valence electrons. The number of hydrogen-bond acceptors (Lipinski definition) is 3. The lowest BCUT2D eigenvalue weighted by atomic mass is 9.65. The molecule has 0 radical (unpaired) electrons. The highest BCUT2D eigenvalue weighted by molar-refractivity contribution is 5.06. The molecule has 2 atom stereocenters. The van der Waals surface area contributed by atoms with E-state index in [1.165, 1.54) is 51.6 Å². The molecule has 0 aromatic rings. The lowest BCUT2D eigenvalue weighted by Crippen LogP contribution is -2.60. The van der Waals surface area contributed by atoms with Gasteiger partial charge in [-0.2, -0.15) is 0 Å². The summed E-state index contributed by atoms with van der Waals surface area (Å²) in [6, 6.07) is 0. The first-order valence-corrected chi connectivity index (χ1v) is 7.28. The van der Waals surface area contributed by atoms with Crippen molar-refractivity contribution >= 4 is 0 Å². The average Bonchev–Trinajstić information content (AvgIpc) is 3.08. The predicted molar refractivity (Wildman–Crippen MR) is 64.9 cm³/mol. The van der Waals surface area contributed by atoms with Gasteiger partial charge in [-0.3, -0.25) is 0 Å². The summed E-state index contributed by atoms with van der Waals surface area (Å²) < 4.78 is 11.9. The highest BCUT2D eigenvalue weighted by atomic mass is 16.5. The fourth-order valence-electron chi connectivity index (χ4n) is 4.22. The standard InChI is InChI=1S/C14H23NO2/c1-8-17-14(2-3-14)9-11(1)12-13(10-16-12)4-6-15-7-5-13/h11-12,15H,1-10H2. The molecule has 3 nitrogen and oxygen atoms in total. The van der Waals surface area contributed by atoms with E-state index in [1.54, 1.807) is 0 Å². The van der Waals surface area contributed by atoms with Gasteiger partial charge in [0.25, 0.3) is 0 Å². The van der Waals surface area contributed by atoms with E-state index in [9.17, 15) is 0 Å². The van der Waals surface area contributed by atoms with E-state index in [2.05, 4.69) is 5.32 Å². The molecule has 3 heteroatoms. The number of hydrogen-bond donors (Lipinski definition) is 1. The molecule has 3 heterocycles. The third-order valence-electron chi connectivity index (χ3n) is 5.52. The molecular formula is C14H23NO2. The Hall–Kier alpha value is -0.120. The third-order valence-corrected chi connectivity index (χ3v) is 5.52. The number of ether oxygens (including phenoxy) is 2. The van der Waals surface area contributed by atoms with E-state index >= 15 is 0 Å². The van der Waals surface area contributed by atoms with E-state index in [4.69, 9.17) is 9.47 Å². The van der Waals surface area contributed by atoms with Gasteiger partial charge in [0.1, 0.15) is 0 Å². The van der Waals surface area contributed by atoms with E-state index in [0.29, 0.717) is 17.1 Å². The predicted octanol–water partition coefficient (Wildman–Crippen LogP) is 1.71. The summed E-state index contributed by atoms with van der Waals surface area (Å²) in [6.45, 7) is 4.37. The van der Waals surface area contributed by atoms with Gasteiger partial charge in [-0.25, -0.2) is 0 Å². The van der Waals surface area contributed by atoms with Crippen LogP contribution in [0, 0.1) is 11.3 Å². The zero-order valence-corrected chi connectivity index (χ0v) is 10.5. The first-order valence-electron chi connectivity index (χ1n) is 7.28. The molecule has 1 aliphatic carbocycles. The largest absolute Gasteiger partial charge is 0.377 e. The lowest BCUT2D eigenvalue weighted by molar-refractivity contribution is -0.236. The number of nitrogens with one attached hydrogen (secondary N) is 1. The summed E-state index contributed by atoms with van der Waals surface area (Å²) in [5, 5.41) is 3.48. The Labute approximate surface area is 103 Å². The minimum absolute atomic E-state index is 0.302. The molecule has 4 rings (SSSR count). The van der Waals surface area contributed by atoms with Crippen LogP contribution in [0.4, 0.5) is 0 Å². The Kier molecular flexibility index (Phi) is 2.34. The van der Waals surface area contributed by atoms with Crippen molar-refractivity contribution in [2.75, 3.05) is 26.3 Å². The van der Waals surface area contributed by atoms with Crippen LogP contribution < -0.4 is 5.32 Å². The summed E-state index contributed by atoms with van der Waals surface area (Å²) >= 11 is 0. The monoisotopic (exact) mass is 237 g/mol. The second-order valence-electron chi connectivity index (χ2n) is 6.63. The van der Waals surface area contributed by atoms with Crippen LogP contribution in [0.1, 0.15) is 38.5 Å². The van der Waals surface area contributed by atoms with Crippen LogP contribution >= 0.6 is 0 Å². The summed E-state index contributed by atoms with van der Waals surface area (Å²) in [4.78, 5) is 0. The normalized spacial score (nSPS) is 42.4. The molecule has 4 aliphatic rings. The van der Waals surface area contributed by atoms with E-state index in [0.717, 1.165) is 19.1 Å². The highest BCUT2D eigenvalue weighted by Gasteiger charge is 2.56. The van der Waals surface area contributed by atoms with Crippen molar-refractivity contribution in [3.8, 4) is 0 Å². The Bertz CT molecular complexity index is 307. The van der Waals surface area contributed by atoms with Gasteiger partial charge in [-0.1, -0.05) is 0 Å². The minimum Gasteiger partial charge on any atom is -0.377 e. The van der Waals surface area contributed by atoms with Crippen molar-refractivity contribution in [1.82, 2.24) is 5.32 Å². The van der Waals surface area contributed by atoms with Gasteiger partial charge in [0.2, 0.25) is 0 Å². The molecule has 4 fully saturated rings. The quantitative estimate of drug-likeness (QED) is 0.753. The summed E-state index contributed by atoms with van der Waals surface area (Å²) in [5.41, 5.74) is 0.833. The zero-order valence-electron chi connectivity index (χ0n) is 10.5. The Morgan fingerprint density at radius 1 is 1.06 bits per heavy atom. The van der Waals surface area contributed by atoms with Gasteiger partial charge >= 0.3 is 0 Å². The molecule has 17 heavy (non-hydrogen) atoms. The molecule has 1 saturated carbocycles. The van der Waals surface area contributed by atoms with Crippen molar-refractivity contribution in [2.24, 2.45) is 11.3 Å². The van der Waals surface area contributed by atoms with Crippen LogP contribution in [0.2, 0.25) is 0 Å². The van der Waals surface area contributed by atoms with E-state index < -0.39 is 0 Å². The first kappa shape index (κ1) is 10.8. The van der Waals surface area contributed by atoms with Gasteiger partial charge in [-0.05, 0) is 57.5 Å². The average molecular weight is 237 g/mol. The Morgan fingerprint density at radius 2 is 1.88 bits per heavy atom. The molecule has 2 unspecified atom stereocenters. The van der Waals surface area contributed by atoms with Gasteiger partial charge in [-0.15, -0.1) is 0 Å². The summed E-state index contributed by atoms with van der Waals surface area (Å²) in [6.07, 6.45) is 8.28. The zero-order chi connectivity index (χ0) is 11.3. The molecule has 0 aromatic carbocycles. The van der Waals surface area contributed by atoms with Gasteiger partial charge in [0.05, 0.1) is 18.3 Å². The van der Waals surface area contributed by atoms with Crippen molar-refractivity contribution < 1.29 is 9.47 Å². The molecule has 0 bridgehead atoms. The molecule has 3 saturated heterocycles. The SMILES string of the molecule is C1CC2(CCN1)COC2C1CCOC2(CC2)C1.